The average Bonchev–Trinajstić information content (AvgIpc) is 3.32. The van der Waals surface area contributed by atoms with Gasteiger partial charge in [0.15, 0.2) is 0 Å². The van der Waals surface area contributed by atoms with Crippen molar-refractivity contribution in [1.82, 2.24) is 9.88 Å². The summed E-state index contributed by atoms with van der Waals surface area (Å²) in [6.45, 7) is 4.33. The van der Waals surface area contributed by atoms with Crippen molar-refractivity contribution in [2.45, 2.75) is 26.0 Å². The van der Waals surface area contributed by atoms with Crippen LogP contribution in [0.4, 0.5) is 0 Å². The number of nitrogens with zero attached hydrogens (tertiary/aromatic N) is 1. The maximum atomic E-state index is 13.1. The van der Waals surface area contributed by atoms with Gasteiger partial charge in [-0.15, -0.1) is 0 Å². The van der Waals surface area contributed by atoms with E-state index in [1.54, 1.807) is 30.5 Å². The van der Waals surface area contributed by atoms with Gasteiger partial charge in [-0.05, 0) is 32.0 Å². The van der Waals surface area contributed by atoms with Crippen molar-refractivity contribution in [2.75, 3.05) is 20.3 Å². The number of hydrogen-bond donors (Lipinski definition) is 2. The summed E-state index contributed by atoms with van der Waals surface area (Å²) in [6.07, 6.45) is 1.78. The van der Waals surface area contributed by atoms with Gasteiger partial charge in [0.25, 0.3) is 11.7 Å². The lowest BCUT2D eigenvalue weighted by molar-refractivity contribution is -0.140. The van der Waals surface area contributed by atoms with E-state index in [9.17, 15) is 14.7 Å². The normalized spacial score (nSPS) is 18.1. The quantitative estimate of drug-likeness (QED) is 0.333. The molecule has 3 aromatic rings. The fraction of sp³-hybridized carbons (Fsp3) is 0.280. The predicted molar refractivity (Wildman–Crippen MR) is 121 cm³/mol. The van der Waals surface area contributed by atoms with E-state index in [-0.39, 0.29) is 30.6 Å². The number of likely N-dealkylation sites (tertiary alicyclic amines) is 1. The summed E-state index contributed by atoms with van der Waals surface area (Å²) in [7, 11) is 1.53. The number of carbonyl (C=O) groups excluding carboxylic acids is 2. The standard InChI is InChI=1S/C25H26N2O5/c1-15(2)32-12-11-27-22(19-14-26-20-10-5-4-9-18(19)20)21(24(29)25(27)30)23(28)16-7-6-8-17(13-16)31-3/h4-10,13-15,22,26,28H,11-12H2,1-3H3/b23-21+. The number of aliphatic hydroxyl groups is 1. The summed E-state index contributed by atoms with van der Waals surface area (Å²) in [5, 5.41) is 12.1. The number of aromatic amines is 1. The minimum atomic E-state index is -0.742. The predicted octanol–water partition coefficient (Wildman–Crippen LogP) is 4.02. The molecule has 166 valence electrons. The molecule has 7 nitrogen and oxygen atoms in total. The van der Waals surface area contributed by atoms with Crippen molar-refractivity contribution < 1.29 is 24.2 Å². The van der Waals surface area contributed by atoms with E-state index in [4.69, 9.17) is 9.47 Å². The highest BCUT2D eigenvalue weighted by Crippen LogP contribution is 2.42. The van der Waals surface area contributed by atoms with Crippen LogP contribution in [-0.2, 0) is 14.3 Å². The lowest BCUT2D eigenvalue weighted by Crippen LogP contribution is -2.33. The fourth-order valence-electron chi connectivity index (χ4n) is 4.07. The molecule has 4 rings (SSSR count). The Morgan fingerprint density at radius 3 is 2.69 bits per heavy atom. The summed E-state index contributed by atoms with van der Waals surface area (Å²) in [5.74, 6) is -1.07. The van der Waals surface area contributed by atoms with Gasteiger partial charge in [0.05, 0.1) is 31.4 Å². The van der Waals surface area contributed by atoms with Gasteiger partial charge in [0, 0.05) is 34.8 Å². The molecule has 32 heavy (non-hydrogen) atoms. The van der Waals surface area contributed by atoms with Gasteiger partial charge >= 0.3 is 0 Å². The zero-order valence-corrected chi connectivity index (χ0v) is 18.3. The van der Waals surface area contributed by atoms with Crippen LogP contribution in [0.2, 0.25) is 0 Å². The maximum Gasteiger partial charge on any atom is 0.295 e. The second-order valence-corrected chi connectivity index (χ2v) is 7.93. The number of ether oxygens (including phenoxy) is 2. The first-order chi connectivity index (χ1) is 15.4. The number of H-pyrrole nitrogens is 1. The SMILES string of the molecule is COc1cccc(/C(O)=C2\C(=O)C(=O)N(CCOC(C)C)C2c2c[nH]c3ccccc23)c1. The Morgan fingerprint density at radius 2 is 1.94 bits per heavy atom. The van der Waals surface area contributed by atoms with E-state index in [1.165, 1.54) is 12.0 Å². The van der Waals surface area contributed by atoms with E-state index < -0.39 is 17.7 Å². The van der Waals surface area contributed by atoms with Crippen LogP contribution in [0.5, 0.6) is 5.75 Å². The number of amides is 1. The summed E-state index contributed by atoms with van der Waals surface area (Å²) in [6, 6.07) is 13.7. The molecule has 1 atom stereocenters. The van der Waals surface area contributed by atoms with E-state index in [2.05, 4.69) is 4.98 Å². The lowest BCUT2D eigenvalue weighted by atomic mass is 9.95. The van der Waals surface area contributed by atoms with Crippen LogP contribution in [0.15, 0.2) is 60.3 Å². The van der Waals surface area contributed by atoms with Crippen LogP contribution in [0, 0.1) is 0 Å². The first kappa shape index (κ1) is 21.6. The second-order valence-electron chi connectivity index (χ2n) is 7.93. The molecule has 1 aliphatic rings. The Kier molecular flexibility index (Phi) is 6.01. The van der Waals surface area contributed by atoms with Gasteiger partial charge in [-0.2, -0.15) is 0 Å². The van der Waals surface area contributed by atoms with Gasteiger partial charge in [0.1, 0.15) is 11.5 Å². The van der Waals surface area contributed by atoms with Gasteiger partial charge in [-0.3, -0.25) is 9.59 Å². The van der Waals surface area contributed by atoms with Gasteiger partial charge in [-0.1, -0.05) is 30.3 Å². The van der Waals surface area contributed by atoms with Crippen molar-refractivity contribution in [1.29, 1.82) is 0 Å². The van der Waals surface area contributed by atoms with Crippen molar-refractivity contribution in [3.05, 3.63) is 71.4 Å². The average molecular weight is 434 g/mol. The van der Waals surface area contributed by atoms with Crippen molar-refractivity contribution >= 4 is 28.4 Å². The highest BCUT2D eigenvalue weighted by Gasteiger charge is 2.46. The van der Waals surface area contributed by atoms with E-state index in [0.29, 0.717) is 11.3 Å². The molecule has 0 spiro atoms. The highest BCUT2D eigenvalue weighted by molar-refractivity contribution is 6.46. The first-order valence-corrected chi connectivity index (χ1v) is 10.5. The largest absolute Gasteiger partial charge is 0.507 e. The van der Waals surface area contributed by atoms with Gasteiger partial charge in [0.2, 0.25) is 0 Å². The van der Waals surface area contributed by atoms with Crippen LogP contribution in [0.3, 0.4) is 0 Å². The third-order valence-electron chi connectivity index (χ3n) is 5.58. The molecule has 2 heterocycles. The molecular formula is C25H26N2O5. The number of nitrogens with one attached hydrogen (secondary N) is 1. The van der Waals surface area contributed by atoms with Gasteiger partial charge < -0.3 is 24.5 Å². The number of methoxy groups -OCH3 is 1. The fourth-order valence-corrected chi connectivity index (χ4v) is 4.07. The van der Waals surface area contributed by atoms with Crippen LogP contribution < -0.4 is 4.74 Å². The van der Waals surface area contributed by atoms with Crippen molar-refractivity contribution in [2.24, 2.45) is 0 Å². The van der Waals surface area contributed by atoms with Gasteiger partial charge in [-0.25, -0.2) is 0 Å². The molecule has 1 fully saturated rings. The molecule has 2 N–H and O–H groups in total. The molecule has 1 amide bonds. The molecule has 0 radical (unpaired) electrons. The molecule has 0 saturated carbocycles. The Hall–Kier alpha value is -3.58. The second kappa shape index (κ2) is 8.88. The number of rotatable bonds is 7. The van der Waals surface area contributed by atoms with Crippen molar-refractivity contribution in [3.63, 3.8) is 0 Å². The molecular weight excluding hydrogens is 408 g/mol. The molecule has 0 bridgehead atoms. The third kappa shape index (κ3) is 3.87. The van der Waals surface area contributed by atoms with E-state index in [0.717, 1.165) is 16.5 Å². The van der Waals surface area contributed by atoms with Crippen LogP contribution in [0.1, 0.15) is 31.0 Å². The summed E-state index contributed by atoms with van der Waals surface area (Å²) in [4.78, 5) is 30.8. The van der Waals surface area contributed by atoms with Crippen LogP contribution in [-0.4, -0.2) is 53.0 Å². The van der Waals surface area contributed by atoms with Crippen molar-refractivity contribution in [3.8, 4) is 5.75 Å². The number of ketones is 1. The number of aromatic nitrogens is 1. The van der Waals surface area contributed by atoms with E-state index in [1.807, 2.05) is 38.1 Å². The molecule has 1 aliphatic heterocycles. The Balaban J connectivity index is 1.86. The zero-order valence-electron chi connectivity index (χ0n) is 18.3. The minimum absolute atomic E-state index is 0.00450. The van der Waals surface area contributed by atoms with Crippen LogP contribution in [0.25, 0.3) is 16.7 Å². The molecule has 0 aliphatic carbocycles. The highest BCUT2D eigenvalue weighted by atomic mass is 16.5. The van der Waals surface area contributed by atoms with Crippen LogP contribution >= 0.6 is 0 Å². The Bertz CT molecular complexity index is 1190. The number of fused-ring (bicyclic) bond motifs is 1. The monoisotopic (exact) mass is 434 g/mol. The number of hydrogen-bond acceptors (Lipinski definition) is 5. The molecule has 2 aromatic carbocycles. The summed E-state index contributed by atoms with van der Waals surface area (Å²) < 4.78 is 10.9. The molecule has 1 unspecified atom stereocenters. The minimum Gasteiger partial charge on any atom is -0.507 e. The summed E-state index contributed by atoms with van der Waals surface area (Å²) >= 11 is 0. The Labute approximate surface area is 186 Å². The zero-order chi connectivity index (χ0) is 22.8. The first-order valence-electron chi connectivity index (χ1n) is 10.5. The Morgan fingerprint density at radius 1 is 1.16 bits per heavy atom. The summed E-state index contributed by atoms with van der Waals surface area (Å²) in [5.41, 5.74) is 2.09. The smallest absolute Gasteiger partial charge is 0.295 e. The topological polar surface area (TPSA) is 91.9 Å². The lowest BCUT2D eigenvalue weighted by Gasteiger charge is -2.25. The van der Waals surface area contributed by atoms with E-state index >= 15 is 0 Å². The number of aliphatic hydroxyl groups excluding tert-OH is 1. The number of Topliss-reactive ketones (excluding diaryl/α,β-unsaturated/α-hetero) is 1. The number of benzene rings is 2. The molecule has 7 heteroatoms. The number of para-hydroxylation sites is 1. The molecule has 1 saturated heterocycles. The third-order valence-corrected chi connectivity index (χ3v) is 5.58. The number of carbonyl (C=O) groups is 2. The molecule has 1 aromatic heterocycles. The maximum absolute atomic E-state index is 13.1.